The van der Waals surface area contributed by atoms with Gasteiger partial charge in [-0.15, -0.1) is 0 Å². The van der Waals surface area contributed by atoms with E-state index in [0.29, 0.717) is 5.41 Å². The molecule has 0 saturated heterocycles. The van der Waals surface area contributed by atoms with Crippen LogP contribution >= 0.6 is 0 Å². The monoisotopic (exact) mass is 213 g/mol. The Hall–Kier alpha value is -0.570. The van der Waals surface area contributed by atoms with Crippen LogP contribution in [0, 0.1) is 5.41 Å². The molecular formula is C12H23NO2. The van der Waals surface area contributed by atoms with Gasteiger partial charge in [0, 0.05) is 13.7 Å². The third-order valence-corrected chi connectivity index (χ3v) is 3.85. The molecule has 0 atom stereocenters. The van der Waals surface area contributed by atoms with Crippen molar-refractivity contribution >= 4 is 5.91 Å². The summed E-state index contributed by atoms with van der Waals surface area (Å²) in [5.74, 6) is -0.00951. The van der Waals surface area contributed by atoms with Crippen molar-refractivity contribution in [2.75, 3.05) is 13.7 Å². The highest BCUT2D eigenvalue weighted by atomic mass is 16.5. The van der Waals surface area contributed by atoms with Crippen LogP contribution in [0.5, 0.6) is 0 Å². The van der Waals surface area contributed by atoms with Crippen molar-refractivity contribution in [3.8, 4) is 0 Å². The van der Waals surface area contributed by atoms with Crippen molar-refractivity contribution in [2.45, 2.75) is 52.1 Å². The summed E-state index contributed by atoms with van der Waals surface area (Å²) in [5.41, 5.74) is -0.335. The van der Waals surface area contributed by atoms with Gasteiger partial charge in [0.2, 0.25) is 0 Å². The van der Waals surface area contributed by atoms with E-state index in [1.165, 1.54) is 19.3 Å². The fourth-order valence-corrected chi connectivity index (χ4v) is 1.91. The zero-order valence-corrected chi connectivity index (χ0v) is 10.4. The summed E-state index contributed by atoms with van der Waals surface area (Å²) in [6.45, 7) is 6.59. The first kappa shape index (κ1) is 12.5. The van der Waals surface area contributed by atoms with E-state index in [-0.39, 0.29) is 5.91 Å². The Bertz CT molecular complexity index is 226. The summed E-state index contributed by atoms with van der Waals surface area (Å²) in [6, 6.07) is 0. The Morgan fingerprint density at radius 3 is 2.40 bits per heavy atom. The molecule has 0 bridgehead atoms. The first-order valence-electron chi connectivity index (χ1n) is 5.79. The zero-order valence-electron chi connectivity index (χ0n) is 10.4. The van der Waals surface area contributed by atoms with E-state index in [9.17, 15) is 4.79 Å². The molecule has 3 heteroatoms. The van der Waals surface area contributed by atoms with Gasteiger partial charge in [0.15, 0.2) is 0 Å². The number of carbonyl (C=O) groups excluding carboxylic acids is 1. The van der Waals surface area contributed by atoms with Gasteiger partial charge in [-0.3, -0.25) is 4.79 Å². The first-order chi connectivity index (χ1) is 6.96. The highest BCUT2D eigenvalue weighted by Crippen LogP contribution is 2.43. The van der Waals surface area contributed by atoms with E-state index < -0.39 is 5.60 Å². The van der Waals surface area contributed by atoms with Crippen LogP contribution in [0.4, 0.5) is 0 Å². The summed E-state index contributed by atoms with van der Waals surface area (Å²) in [5, 5.41) is 3.00. The highest BCUT2D eigenvalue weighted by molar-refractivity contribution is 5.84. The fourth-order valence-electron chi connectivity index (χ4n) is 1.91. The van der Waals surface area contributed by atoms with Gasteiger partial charge < -0.3 is 10.1 Å². The maximum atomic E-state index is 11.8. The van der Waals surface area contributed by atoms with Gasteiger partial charge in [0.25, 0.3) is 5.91 Å². The quantitative estimate of drug-likeness (QED) is 0.759. The van der Waals surface area contributed by atoms with E-state index in [2.05, 4.69) is 12.2 Å². The predicted molar refractivity (Wildman–Crippen MR) is 60.7 cm³/mol. The number of nitrogens with one attached hydrogen (secondary N) is 1. The predicted octanol–water partition coefficient (Wildman–Crippen LogP) is 2.11. The van der Waals surface area contributed by atoms with Crippen molar-refractivity contribution in [1.82, 2.24) is 5.32 Å². The summed E-state index contributed by atoms with van der Waals surface area (Å²) >= 11 is 0. The molecule has 1 amide bonds. The van der Waals surface area contributed by atoms with E-state index in [1.807, 2.05) is 0 Å². The minimum absolute atomic E-state index is 0.00951. The second-order valence-electron chi connectivity index (χ2n) is 5.10. The van der Waals surface area contributed by atoms with E-state index in [1.54, 1.807) is 21.0 Å². The standard InChI is InChI=1S/C12H23NO2/c1-5-12(7-6-8-12)9-13-10(14)11(2,3)15-4/h5-9H2,1-4H3,(H,13,14). The van der Waals surface area contributed by atoms with Crippen LogP contribution in [0.15, 0.2) is 0 Å². The first-order valence-corrected chi connectivity index (χ1v) is 5.79. The Balaban J connectivity index is 2.40. The minimum Gasteiger partial charge on any atom is -0.369 e. The van der Waals surface area contributed by atoms with Gasteiger partial charge in [0.1, 0.15) is 5.60 Å². The van der Waals surface area contributed by atoms with Crippen LogP contribution in [0.3, 0.4) is 0 Å². The van der Waals surface area contributed by atoms with Gasteiger partial charge in [-0.1, -0.05) is 13.3 Å². The summed E-state index contributed by atoms with van der Waals surface area (Å²) in [4.78, 5) is 11.8. The highest BCUT2D eigenvalue weighted by Gasteiger charge is 2.36. The molecule has 1 fully saturated rings. The summed E-state index contributed by atoms with van der Waals surface area (Å²) in [7, 11) is 1.57. The molecule has 0 heterocycles. The molecule has 1 saturated carbocycles. The number of carbonyl (C=O) groups is 1. The lowest BCUT2D eigenvalue weighted by atomic mass is 9.67. The molecular weight excluding hydrogens is 190 g/mol. The lowest BCUT2D eigenvalue weighted by Gasteiger charge is -2.42. The van der Waals surface area contributed by atoms with E-state index in [4.69, 9.17) is 4.74 Å². The van der Waals surface area contributed by atoms with Gasteiger partial charge in [-0.2, -0.15) is 0 Å². The van der Waals surface area contributed by atoms with Crippen molar-refractivity contribution in [3.63, 3.8) is 0 Å². The minimum atomic E-state index is -0.710. The zero-order chi connectivity index (χ0) is 11.5. The van der Waals surface area contributed by atoms with Gasteiger partial charge in [0.05, 0.1) is 0 Å². The molecule has 3 nitrogen and oxygen atoms in total. The van der Waals surface area contributed by atoms with E-state index >= 15 is 0 Å². The molecule has 1 rings (SSSR count). The second kappa shape index (κ2) is 4.52. The number of hydrogen-bond acceptors (Lipinski definition) is 2. The number of methoxy groups -OCH3 is 1. The molecule has 0 aromatic carbocycles. The topological polar surface area (TPSA) is 38.3 Å². The molecule has 0 unspecified atom stereocenters. The Morgan fingerprint density at radius 2 is 2.07 bits per heavy atom. The van der Waals surface area contributed by atoms with Crippen LogP contribution in [0.2, 0.25) is 0 Å². The number of amides is 1. The van der Waals surface area contributed by atoms with Crippen LogP contribution in [-0.2, 0) is 9.53 Å². The lowest BCUT2D eigenvalue weighted by Crippen LogP contribution is -2.49. The fraction of sp³-hybridized carbons (Fsp3) is 0.917. The van der Waals surface area contributed by atoms with Crippen LogP contribution in [0.25, 0.3) is 0 Å². The average molecular weight is 213 g/mol. The molecule has 0 aromatic heterocycles. The maximum absolute atomic E-state index is 11.8. The van der Waals surface area contributed by atoms with Crippen molar-refractivity contribution in [1.29, 1.82) is 0 Å². The maximum Gasteiger partial charge on any atom is 0.251 e. The molecule has 0 spiro atoms. The second-order valence-corrected chi connectivity index (χ2v) is 5.10. The number of hydrogen-bond donors (Lipinski definition) is 1. The molecule has 0 aromatic rings. The number of ether oxygens (including phenoxy) is 1. The Kier molecular flexibility index (Phi) is 3.77. The Labute approximate surface area is 92.6 Å². The molecule has 1 N–H and O–H groups in total. The molecule has 1 aliphatic carbocycles. The third-order valence-electron chi connectivity index (χ3n) is 3.85. The Morgan fingerprint density at radius 1 is 1.47 bits per heavy atom. The van der Waals surface area contributed by atoms with Gasteiger partial charge >= 0.3 is 0 Å². The molecule has 1 aliphatic rings. The average Bonchev–Trinajstić information content (AvgIpc) is 2.16. The van der Waals surface area contributed by atoms with Gasteiger partial charge in [-0.25, -0.2) is 0 Å². The number of rotatable bonds is 5. The summed E-state index contributed by atoms with van der Waals surface area (Å²) < 4.78 is 5.14. The summed E-state index contributed by atoms with van der Waals surface area (Å²) in [6.07, 6.45) is 4.95. The SMILES string of the molecule is CCC1(CNC(=O)C(C)(C)OC)CCC1. The van der Waals surface area contributed by atoms with E-state index in [0.717, 1.165) is 13.0 Å². The van der Waals surface area contributed by atoms with Crippen LogP contribution in [0.1, 0.15) is 46.5 Å². The van der Waals surface area contributed by atoms with Crippen molar-refractivity contribution in [2.24, 2.45) is 5.41 Å². The molecule has 0 aliphatic heterocycles. The van der Waals surface area contributed by atoms with Crippen LogP contribution in [-0.4, -0.2) is 25.2 Å². The normalized spacial score (nSPS) is 19.5. The largest absolute Gasteiger partial charge is 0.369 e. The molecule has 88 valence electrons. The third kappa shape index (κ3) is 2.71. The van der Waals surface area contributed by atoms with Crippen LogP contribution < -0.4 is 5.32 Å². The molecule has 0 radical (unpaired) electrons. The van der Waals surface area contributed by atoms with Crippen molar-refractivity contribution in [3.05, 3.63) is 0 Å². The van der Waals surface area contributed by atoms with Crippen molar-refractivity contribution < 1.29 is 9.53 Å². The smallest absolute Gasteiger partial charge is 0.251 e. The van der Waals surface area contributed by atoms with Gasteiger partial charge in [-0.05, 0) is 38.5 Å². The molecule has 15 heavy (non-hydrogen) atoms. The lowest BCUT2D eigenvalue weighted by molar-refractivity contribution is -0.140.